The van der Waals surface area contributed by atoms with Gasteiger partial charge in [-0.3, -0.25) is 9.59 Å². The monoisotopic (exact) mass is 283 g/mol. The fourth-order valence-electron chi connectivity index (χ4n) is 2.72. The summed E-state index contributed by atoms with van der Waals surface area (Å²) in [6.45, 7) is 3.98. The lowest BCUT2D eigenvalue weighted by molar-refractivity contribution is -0.144. The van der Waals surface area contributed by atoms with E-state index in [2.05, 4.69) is 0 Å². The fourth-order valence-corrected chi connectivity index (χ4v) is 2.72. The number of piperidine rings is 1. The third-order valence-corrected chi connectivity index (χ3v) is 4.22. The Morgan fingerprint density at radius 2 is 2.05 bits per heavy atom. The summed E-state index contributed by atoms with van der Waals surface area (Å²) in [6.07, 6.45) is 4.93. The van der Waals surface area contributed by atoms with Crippen LogP contribution in [0.15, 0.2) is 0 Å². The molecule has 2 rings (SSSR count). The SMILES string of the molecule is C[C@H](OCC1CC1)C(=O)N1CCC[C@@H](CCC(=O)O)C1. The normalized spacial score (nSPS) is 24.4. The molecule has 5 nitrogen and oxygen atoms in total. The van der Waals surface area contributed by atoms with Crippen LogP contribution in [0.1, 0.15) is 45.4 Å². The van der Waals surface area contributed by atoms with Crippen molar-refractivity contribution in [2.45, 2.75) is 51.6 Å². The number of hydrogen-bond donors (Lipinski definition) is 1. The number of carbonyl (C=O) groups is 2. The smallest absolute Gasteiger partial charge is 0.303 e. The van der Waals surface area contributed by atoms with E-state index in [1.165, 1.54) is 12.8 Å². The lowest BCUT2D eigenvalue weighted by atomic mass is 9.93. The zero-order valence-electron chi connectivity index (χ0n) is 12.2. The Labute approximate surface area is 120 Å². The molecule has 0 aromatic rings. The minimum absolute atomic E-state index is 0.0608. The lowest BCUT2D eigenvalue weighted by Gasteiger charge is -2.34. The molecule has 1 aliphatic heterocycles. The molecular weight excluding hydrogens is 258 g/mol. The third-order valence-electron chi connectivity index (χ3n) is 4.22. The molecule has 1 saturated heterocycles. The summed E-state index contributed by atoms with van der Waals surface area (Å²) >= 11 is 0. The van der Waals surface area contributed by atoms with Crippen molar-refractivity contribution in [3.05, 3.63) is 0 Å². The van der Waals surface area contributed by atoms with Gasteiger partial charge in [-0.2, -0.15) is 0 Å². The van der Waals surface area contributed by atoms with E-state index in [0.29, 0.717) is 31.4 Å². The van der Waals surface area contributed by atoms with Crippen LogP contribution in [0.2, 0.25) is 0 Å². The summed E-state index contributed by atoms with van der Waals surface area (Å²) in [5, 5.41) is 8.73. The van der Waals surface area contributed by atoms with Crippen molar-refractivity contribution in [1.82, 2.24) is 4.90 Å². The van der Waals surface area contributed by atoms with Crippen molar-refractivity contribution in [1.29, 1.82) is 0 Å². The van der Waals surface area contributed by atoms with E-state index in [4.69, 9.17) is 9.84 Å². The van der Waals surface area contributed by atoms with Crippen molar-refractivity contribution in [3.63, 3.8) is 0 Å². The first-order chi connectivity index (χ1) is 9.56. The largest absolute Gasteiger partial charge is 0.481 e. The van der Waals surface area contributed by atoms with Crippen molar-refractivity contribution < 1.29 is 19.4 Å². The average Bonchev–Trinajstić information content (AvgIpc) is 3.26. The number of amides is 1. The summed E-state index contributed by atoms with van der Waals surface area (Å²) < 4.78 is 5.63. The Morgan fingerprint density at radius 3 is 2.70 bits per heavy atom. The quantitative estimate of drug-likeness (QED) is 0.775. The second-order valence-corrected chi connectivity index (χ2v) is 6.14. The molecule has 2 aliphatic rings. The average molecular weight is 283 g/mol. The van der Waals surface area contributed by atoms with E-state index in [1.54, 1.807) is 0 Å². The summed E-state index contributed by atoms with van der Waals surface area (Å²) in [4.78, 5) is 24.8. The van der Waals surface area contributed by atoms with Gasteiger partial charge in [0.1, 0.15) is 6.10 Å². The van der Waals surface area contributed by atoms with Gasteiger partial charge in [-0.15, -0.1) is 0 Å². The maximum absolute atomic E-state index is 12.3. The van der Waals surface area contributed by atoms with Gasteiger partial charge in [0.05, 0.1) is 6.61 Å². The van der Waals surface area contributed by atoms with Crippen LogP contribution in [-0.4, -0.2) is 47.7 Å². The third kappa shape index (κ3) is 4.78. The molecule has 0 aromatic carbocycles. The van der Waals surface area contributed by atoms with Gasteiger partial charge in [-0.1, -0.05) is 0 Å². The summed E-state index contributed by atoms with van der Waals surface area (Å²) in [6, 6.07) is 0. The van der Waals surface area contributed by atoms with E-state index in [-0.39, 0.29) is 18.4 Å². The molecule has 1 amide bonds. The number of nitrogens with zero attached hydrogens (tertiary/aromatic N) is 1. The molecule has 0 spiro atoms. The Bertz CT molecular complexity index is 354. The van der Waals surface area contributed by atoms with Crippen LogP contribution in [0.3, 0.4) is 0 Å². The fraction of sp³-hybridized carbons (Fsp3) is 0.867. The molecule has 114 valence electrons. The van der Waals surface area contributed by atoms with Crippen LogP contribution < -0.4 is 0 Å². The number of carboxylic acid groups (broad SMARTS) is 1. The zero-order valence-corrected chi connectivity index (χ0v) is 12.2. The Kier molecular flexibility index (Phi) is 5.40. The number of carboxylic acids is 1. The van der Waals surface area contributed by atoms with E-state index in [9.17, 15) is 9.59 Å². The van der Waals surface area contributed by atoms with E-state index in [1.807, 2.05) is 11.8 Å². The van der Waals surface area contributed by atoms with Gasteiger partial charge in [0.2, 0.25) is 0 Å². The second kappa shape index (κ2) is 7.07. The Hall–Kier alpha value is -1.10. The second-order valence-electron chi connectivity index (χ2n) is 6.14. The van der Waals surface area contributed by atoms with Crippen molar-refractivity contribution in [2.24, 2.45) is 11.8 Å². The molecule has 1 heterocycles. The zero-order chi connectivity index (χ0) is 14.5. The predicted molar refractivity (Wildman–Crippen MR) is 74.3 cm³/mol. The molecule has 2 atom stereocenters. The highest BCUT2D eigenvalue weighted by Gasteiger charge is 2.29. The number of carbonyl (C=O) groups excluding carboxylic acids is 1. The molecule has 2 fully saturated rings. The lowest BCUT2D eigenvalue weighted by Crippen LogP contribution is -2.45. The maximum Gasteiger partial charge on any atom is 0.303 e. The van der Waals surface area contributed by atoms with Crippen LogP contribution in [0, 0.1) is 11.8 Å². The van der Waals surface area contributed by atoms with Gasteiger partial charge in [0.15, 0.2) is 0 Å². The molecule has 5 heteroatoms. The van der Waals surface area contributed by atoms with E-state index >= 15 is 0 Å². The molecule has 1 saturated carbocycles. The van der Waals surface area contributed by atoms with E-state index < -0.39 is 5.97 Å². The van der Waals surface area contributed by atoms with Gasteiger partial charge in [0.25, 0.3) is 5.91 Å². The maximum atomic E-state index is 12.3. The van der Waals surface area contributed by atoms with Gasteiger partial charge < -0.3 is 14.7 Å². The predicted octanol–water partition coefficient (Wildman–Crippen LogP) is 1.90. The van der Waals surface area contributed by atoms with E-state index in [0.717, 1.165) is 19.4 Å². The molecule has 1 aliphatic carbocycles. The van der Waals surface area contributed by atoms with Crippen molar-refractivity contribution in [3.8, 4) is 0 Å². The topological polar surface area (TPSA) is 66.8 Å². The minimum Gasteiger partial charge on any atom is -0.481 e. The van der Waals surface area contributed by atoms with Crippen molar-refractivity contribution in [2.75, 3.05) is 19.7 Å². The first-order valence-corrected chi connectivity index (χ1v) is 7.68. The van der Waals surface area contributed by atoms with Crippen LogP contribution in [0.4, 0.5) is 0 Å². The standard InChI is InChI=1S/C15H25NO4/c1-11(20-10-13-4-5-13)15(19)16-8-2-3-12(9-16)6-7-14(17)18/h11-13H,2-10H2,1H3,(H,17,18)/t11-,12-/m0/s1. The number of hydrogen-bond acceptors (Lipinski definition) is 3. The first-order valence-electron chi connectivity index (χ1n) is 7.68. The molecule has 0 radical (unpaired) electrons. The van der Waals surface area contributed by atoms with Gasteiger partial charge in [-0.25, -0.2) is 0 Å². The first kappa shape index (κ1) is 15.3. The van der Waals surface area contributed by atoms with Gasteiger partial charge in [-0.05, 0) is 50.9 Å². The van der Waals surface area contributed by atoms with Crippen LogP contribution in [0.25, 0.3) is 0 Å². The van der Waals surface area contributed by atoms with Gasteiger partial charge in [0, 0.05) is 19.5 Å². The number of rotatable bonds is 7. The van der Waals surface area contributed by atoms with Gasteiger partial charge >= 0.3 is 5.97 Å². The highest BCUT2D eigenvalue weighted by molar-refractivity contribution is 5.80. The number of ether oxygens (including phenoxy) is 1. The van der Waals surface area contributed by atoms with Crippen LogP contribution >= 0.6 is 0 Å². The molecule has 0 bridgehead atoms. The number of aliphatic carboxylic acids is 1. The Balaban J connectivity index is 1.74. The molecule has 0 aromatic heterocycles. The highest BCUT2D eigenvalue weighted by atomic mass is 16.5. The summed E-state index contributed by atoms with van der Waals surface area (Å²) in [5.41, 5.74) is 0. The summed E-state index contributed by atoms with van der Waals surface area (Å²) in [7, 11) is 0. The minimum atomic E-state index is -0.755. The summed E-state index contributed by atoms with van der Waals surface area (Å²) in [5.74, 6) is 0.287. The van der Waals surface area contributed by atoms with Crippen molar-refractivity contribution >= 4 is 11.9 Å². The molecule has 1 N–H and O–H groups in total. The van der Waals surface area contributed by atoms with Crippen LogP contribution in [0.5, 0.6) is 0 Å². The molecule has 0 unspecified atom stereocenters. The highest BCUT2D eigenvalue weighted by Crippen LogP contribution is 2.29. The molecule has 20 heavy (non-hydrogen) atoms. The number of likely N-dealkylation sites (tertiary alicyclic amines) is 1. The Morgan fingerprint density at radius 1 is 1.30 bits per heavy atom. The van der Waals surface area contributed by atoms with Crippen LogP contribution in [-0.2, 0) is 14.3 Å². The molecular formula is C15H25NO4.